The normalized spacial score (nSPS) is 55.8. The number of rotatable bonds is 16. The summed E-state index contributed by atoms with van der Waals surface area (Å²) < 4.78 is 61.0. The minimum Gasteiger partial charge on any atom is -0.394 e. The van der Waals surface area contributed by atoms with Gasteiger partial charge in [0.15, 0.2) is 30.9 Å². The third-order valence-corrected chi connectivity index (χ3v) is 20.4. The number of hydrogen-bond donors (Lipinski definition) is 14. The van der Waals surface area contributed by atoms with Crippen molar-refractivity contribution in [2.45, 2.75) is 239 Å². The lowest BCUT2D eigenvalue weighted by Gasteiger charge is -2.62. The summed E-state index contributed by atoms with van der Waals surface area (Å²) in [4.78, 5) is 0. The molecule has 4 saturated carbocycles. The number of aliphatic hydroxyl groups is 14. The van der Waals surface area contributed by atoms with Crippen LogP contribution in [-0.2, 0) is 47.4 Å². The lowest BCUT2D eigenvalue weighted by molar-refractivity contribution is -0.392. The summed E-state index contributed by atoms with van der Waals surface area (Å²) in [6.07, 6.45) is -26.2. The van der Waals surface area contributed by atoms with Crippen LogP contribution in [-0.4, -0.2) is 252 Å². The zero-order valence-corrected chi connectivity index (χ0v) is 44.4. The van der Waals surface area contributed by atoms with E-state index in [2.05, 4.69) is 20.8 Å². The van der Waals surface area contributed by atoms with Crippen LogP contribution in [0, 0.1) is 52.3 Å². The van der Waals surface area contributed by atoms with Gasteiger partial charge in [0.2, 0.25) is 0 Å². The molecule has 33 atom stereocenters. The lowest BCUT2D eigenvalue weighted by Crippen LogP contribution is -2.67. The minimum atomic E-state index is -1.88. The van der Waals surface area contributed by atoms with Crippen molar-refractivity contribution in [3.63, 3.8) is 0 Å². The molecule has 0 bridgehead atoms. The highest BCUT2D eigenvalue weighted by molar-refractivity contribution is 5.16. The van der Waals surface area contributed by atoms with Gasteiger partial charge < -0.3 is 119 Å². The second-order valence-electron chi connectivity index (χ2n) is 24.6. The first-order chi connectivity index (χ1) is 36.0. The lowest BCUT2D eigenvalue weighted by atomic mass is 9.44. The zero-order valence-electron chi connectivity index (χ0n) is 44.4. The average Bonchev–Trinajstić information content (AvgIpc) is 4.02. The van der Waals surface area contributed by atoms with Crippen molar-refractivity contribution < 1.29 is 119 Å². The molecule has 33 unspecified atom stereocenters. The summed E-state index contributed by atoms with van der Waals surface area (Å²) in [5, 5.41) is 149. The summed E-state index contributed by atoms with van der Waals surface area (Å²) in [5.41, 5.74) is -0.305. The van der Waals surface area contributed by atoms with E-state index in [-0.39, 0.29) is 47.2 Å². The first-order valence-electron chi connectivity index (χ1n) is 27.7. The Bertz CT molecular complexity index is 1910. The predicted octanol–water partition coefficient (Wildman–Crippen LogP) is -3.30. The van der Waals surface area contributed by atoms with Gasteiger partial charge in [0.05, 0.1) is 50.8 Å². The highest BCUT2D eigenvalue weighted by Crippen LogP contribution is 2.71. The van der Waals surface area contributed by atoms with Crippen molar-refractivity contribution >= 4 is 0 Å². The Morgan fingerprint density at radius 3 is 1.79 bits per heavy atom. The molecule has 0 aromatic heterocycles. The molecule has 0 aromatic rings. The largest absolute Gasteiger partial charge is 0.394 e. The van der Waals surface area contributed by atoms with E-state index in [4.69, 9.17) is 47.4 Å². The molecule has 0 amide bonds. The fraction of sp³-hybridized carbons (Fsp3) is 1.00. The Labute approximate surface area is 443 Å². The molecule has 24 nitrogen and oxygen atoms in total. The van der Waals surface area contributed by atoms with E-state index >= 15 is 0 Å². The fourth-order valence-corrected chi connectivity index (χ4v) is 16.0. The van der Waals surface area contributed by atoms with Crippen LogP contribution in [0.15, 0.2) is 0 Å². The van der Waals surface area contributed by atoms with Gasteiger partial charge in [-0.2, -0.15) is 0 Å². The molecule has 4 aliphatic carbocycles. The topological polar surface area (TPSA) is 376 Å². The van der Waals surface area contributed by atoms with E-state index in [9.17, 15) is 71.5 Å². The van der Waals surface area contributed by atoms with E-state index in [0.717, 1.165) is 32.1 Å². The highest BCUT2D eigenvalue weighted by Gasteiger charge is 2.69. The van der Waals surface area contributed by atoms with Crippen LogP contribution in [0.2, 0.25) is 0 Å². The Morgan fingerprint density at radius 1 is 0.579 bits per heavy atom. The average molecular weight is 1100 g/mol. The smallest absolute Gasteiger partial charge is 0.187 e. The molecule has 0 aromatic carbocycles. The Kier molecular flexibility index (Phi) is 18.3. The van der Waals surface area contributed by atoms with Crippen LogP contribution in [0.4, 0.5) is 0 Å². The van der Waals surface area contributed by atoms with Crippen molar-refractivity contribution in [1.29, 1.82) is 0 Å². The second kappa shape index (κ2) is 23.4. The van der Waals surface area contributed by atoms with Gasteiger partial charge >= 0.3 is 0 Å². The highest BCUT2D eigenvalue weighted by atomic mass is 16.8. The molecule has 5 saturated heterocycles. The molecular weight excluding hydrogens is 1010 g/mol. The fourth-order valence-electron chi connectivity index (χ4n) is 16.0. The molecule has 9 aliphatic rings. The molecule has 9 rings (SSSR count). The molecule has 24 heteroatoms. The molecule has 0 spiro atoms. The van der Waals surface area contributed by atoms with Crippen molar-refractivity contribution in [3.05, 3.63) is 0 Å². The number of aliphatic hydroxyl groups excluding tert-OH is 14. The zero-order chi connectivity index (χ0) is 55.1. The summed E-state index contributed by atoms with van der Waals surface area (Å²) in [7, 11) is 1.70. The van der Waals surface area contributed by atoms with Gasteiger partial charge in [-0.15, -0.1) is 0 Å². The van der Waals surface area contributed by atoms with Gasteiger partial charge in [0.25, 0.3) is 0 Å². The molecule has 5 heterocycles. The summed E-state index contributed by atoms with van der Waals surface area (Å²) >= 11 is 0. The molecule has 0 radical (unpaired) electrons. The van der Waals surface area contributed by atoms with E-state index in [0.29, 0.717) is 43.4 Å². The molecule has 440 valence electrons. The standard InChI is InChI=1S/C52H88O24/c1-20(19-68-46-40(63)38(61)35(58)30(16-53)71-46)9-12-52(67-6)21(2)33-29(76-52)14-26-24-8-7-23-13-28(27(56)15-51(23,5)25(24)10-11-50(26,33)4)70-49-45(75-47-41(64)37(60)34(57)22(3)69-47)43(66)44(32(18-55)73-49)74-48-42(65)39(62)36(59)31(17-54)72-48/h20-49,53-66H,7-19H2,1-6H3. The molecule has 76 heavy (non-hydrogen) atoms. The summed E-state index contributed by atoms with van der Waals surface area (Å²) in [5.74, 6) is 0.611. The van der Waals surface area contributed by atoms with Gasteiger partial charge in [0, 0.05) is 19.4 Å². The first-order valence-corrected chi connectivity index (χ1v) is 27.7. The minimum absolute atomic E-state index is 0.0183. The Hall–Kier alpha value is -0.960. The van der Waals surface area contributed by atoms with Gasteiger partial charge in [-0.05, 0) is 105 Å². The molecule has 5 aliphatic heterocycles. The number of hydrogen-bond acceptors (Lipinski definition) is 24. The third-order valence-electron chi connectivity index (χ3n) is 20.4. The Morgan fingerprint density at radius 2 is 1.16 bits per heavy atom. The van der Waals surface area contributed by atoms with Gasteiger partial charge in [-0.25, -0.2) is 0 Å². The van der Waals surface area contributed by atoms with Crippen molar-refractivity contribution in [2.75, 3.05) is 33.5 Å². The van der Waals surface area contributed by atoms with Crippen LogP contribution in [0.1, 0.15) is 92.4 Å². The van der Waals surface area contributed by atoms with Gasteiger partial charge in [-0.3, -0.25) is 0 Å². The maximum Gasteiger partial charge on any atom is 0.187 e. The van der Waals surface area contributed by atoms with Crippen LogP contribution < -0.4 is 0 Å². The van der Waals surface area contributed by atoms with Crippen LogP contribution in [0.5, 0.6) is 0 Å². The van der Waals surface area contributed by atoms with E-state index in [1.54, 1.807) is 7.11 Å². The second-order valence-corrected chi connectivity index (χ2v) is 24.6. The maximum atomic E-state index is 12.2. The van der Waals surface area contributed by atoms with E-state index in [1.165, 1.54) is 6.92 Å². The monoisotopic (exact) mass is 1100 g/mol. The summed E-state index contributed by atoms with van der Waals surface area (Å²) in [6.45, 7) is 8.50. The van der Waals surface area contributed by atoms with Crippen molar-refractivity contribution in [3.8, 4) is 0 Å². The predicted molar refractivity (Wildman–Crippen MR) is 256 cm³/mol. The quantitative estimate of drug-likeness (QED) is 0.0673. The number of ether oxygens (including phenoxy) is 10. The van der Waals surface area contributed by atoms with E-state index in [1.807, 2.05) is 6.92 Å². The van der Waals surface area contributed by atoms with E-state index < -0.39 is 161 Å². The van der Waals surface area contributed by atoms with Crippen LogP contribution in [0.25, 0.3) is 0 Å². The SMILES string of the molecule is COC1(CCC(C)COC2OC(CO)C(O)C(O)C2O)OC2CC3C4CCC5CC(OC6OC(CO)C(OC7OC(CO)C(O)C(O)C7O)C(O)C6OC6OC(C)C(O)C(O)C6O)C(O)CC5(C)C4CCC3(C)C2C1C. The van der Waals surface area contributed by atoms with Gasteiger partial charge in [-0.1, -0.05) is 27.7 Å². The van der Waals surface area contributed by atoms with Crippen molar-refractivity contribution in [1.82, 2.24) is 0 Å². The molecule has 9 fully saturated rings. The maximum absolute atomic E-state index is 12.2. The number of fused-ring (bicyclic) bond motifs is 7. The van der Waals surface area contributed by atoms with Crippen LogP contribution >= 0.6 is 0 Å². The van der Waals surface area contributed by atoms with Gasteiger partial charge in [0.1, 0.15) is 91.6 Å². The first kappa shape index (κ1) is 59.7. The van der Waals surface area contributed by atoms with Crippen LogP contribution in [0.3, 0.4) is 0 Å². The molecule has 14 N–H and O–H groups in total. The van der Waals surface area contributed by atoms with Crippen molar-refractivity contribution in [2.24, 2.45) is 52.3 Å². The Balaban J connectivity index is 0.855. The third kappa shape index (κ3) is 10.5. The number of methoxy groups -OCH3 is 1. The summed E-state index contributed by atoms with van der Waals surface area (Å²) in [6, 6.07) is 0. The molecular formula is C52H88O24.